The first kappa shape index (κ1) is 12.5. The summed E-state index contributed by atoms with van der Waals surface area (Å²) in [6.07, 6.45) is 2.97. The fourth-order valence-electron chi connectivity index (χ4n) is 1.12. The summed E-state index contributed by atoms with van der Waals surface area (Å²) in [7, 11) is 0. The van der Waals surface area contributed by atoms with Gasteiger partial charge in [0.25, 0.3) is 0 Å². The van der Waals surface area contributed by atoms with Gasteiger partial charge in [0.15, 0.2) is 0 Å². The first-order valence-corrected chi connectivity index (χ1v) is 4.44. The van der Waals surface area contributed by atoms with E-state index in [0.717, 1.165) is 24.8 Å². The Bertz CT molecular complexity index is 244. The van der Waals surface area contributed by atoms with Gasteiger partial charge in [-0.15, -0.1) is 0 Å². The molecule has 0 saturated carbocycles. The Kier molecular flexibility index (Phi) is 6.67. The third-order valence-electron chi connectivity index (χ3n) is 1.87. The van der Waals surface area contributed by atoms with Gasteiger partial charge in [-0.05, 0) is 12.0 Å². The fraction of sp³-hybridized carbons (Fsp3) is 0.364. The molecule has 0 unspecified atom stereocenters. The smallest absolute Gasteiger partial charge is 0.807 e. The van der Waals surface area contributed by atoms with Crippen molar-refractivity contribution in [2.45, 2.75) is 26.2 Å². The van der Waals surface area contributed by atoms with Crippen molar-refractivity contribution in [3.8, 4) is 0 Å². The summed E-state index contributed by atoms with van der Waals surface area (Å²) < 4.78 is 0. The zero-order valence-corrected chi connectivity index (χ0v) is 8.46. The largest absolute Gasteiger partial charge is 1.00 e. The fourth-order valence-corrected chi connectivity index (χ4v) is 1.12. The van der Waals surface area contributed by atoms with Crippen LogP contribution in [0.1, 0.15) is 31.7 Å². The van der Waals surface area contributed by atoms with Crippen LogP contribution >= 0.6 is 0 Å². The maximum atomic E-state index is 9.57. The van der Waals surface area contributed by atoms with Crippen molar-refractivity contribution in [3.05, 3.63) is 41.3 Å². The Hall–Kier alpha value is -0.513. The Morgan fingerprint density at radius 1 is 1.23 bits per heavy atom. The molecule has 0 saturated heterocycles. The number of rotatable bonds is 4. The zero-order chi connectivity index (χ0) is 8.81. The predicted octanol–water partition coefficient (Wildman–Crippen LogP) is 0.239. The predicted molar refractivity (Wildman–Crippen MR) is 53.4 cm³/mol. The van der Waals surface area contributed by atoms with E-state index in [0.29, 0.717) is 5.71 Å². The Balaban J connectivity index is 0.00000144. The molecule has 1 aromatic carbocycles. The van der Waals surface area contributed by atoms with Crippen molar-refractivity contribution < 1.29 is 18.9 Å². The molecule has 0 radical (unpaired) electrons. The summed E-state index contributed by atoms with van der Waals surface area (Å²) in [6.45, 7) is 2.12. The first-order valence-electron chi connectivity index (χ1n) is 4.44. The van der Waals surface area contributed by atoms with Crippen LogP contribution in [0.15, 0.2) is 30.3 Å². The molecule has 0 fully saturated rings. The molecule has 0 aliphatic carbocycles. The van der Waals surface area contributed by atoms with E-state index in [1.54, 1.807) is 0 Å². The summed E-state index contributed by atoms with van der Waals surface area (Å²) >= 11 is 0. The van der Waals surface area contributed by atoms with Crippen LogP contribution in [0.5, 0.6) is 0 Å². The van der Waals surface area contributed by atoms with Crippen LogP contribution in [-0.4, -0.2) is 5.71 Å². The van der Waals surface area contributed by atoms with Crippen LogP contribution in [0.3, 0.4) is 0 Å². The van der Waals surface area contributed by atoms with Gasteiger partial charge in [0.2, 0.25) is 0 Å². The van der Waals surface area contributed by atoms with Crippen molar-refractivity contribution in [2.75, 3.05) is 0 Å². The normalized spacial score (nSPS) is 9.00. The van der Waals surface area contributed by atoms with E-state index in [2.05, 4.69) is 6.92 Å². The van der Waals surface area contributed by atoms with E-state index in [4.69, 9.17) is 0 Å². The second kappa shape index (κ2) is 6.95. The number of nitrogens with zero attached hydrogens (tertiary/aromatic N) is 1. The average Bonchev–Trinajstić information content (AvgIpc) is 2.15. The molecule has 0 heterocycles. The van der Waals surface area contributed by atoms with Crippen LogP contribution < -0.4 is 18.9 Å². The molecule has 0 amide bonds. The molecule has 0 N–H and O–H groups in total. The Morgan fingerprint density at radius 3 is 2.38 bits per heavy atom. The SMILES string of the molecule is CCCCC(=[N-])c1ccccc1.[Li+]. The van der Waals surface area contributed by atoms with Crippen molar-refractivity contribution in [3.63, 3.8) is 0 Å². The maximum Gasteiger partial charge on any atom is 1.00 e. The molecule has 1 nitrogen and oxygen atoms in total. The number of hydrogen-bond donors (Lipinski definition) is 0. The maximum absolute atomic E-state index is 9.57. The van der Waals surface area contributed by atoms with Crippen LogP contribution in [0.4, 0.5) is 0 Å². The zero-order valence-electron chi connectivity index (χ0n) is 8.46. The number of benzene rings is 1. The van der Waals surface area contributed by atoms with Gasteiger partial charge in [0.05, 0.1) is 0 Å². The molecule has 64 valence electrons. The van der Waals surface area contributed by atoms with E-state index < -0.39 is 0 Å². The quantitative estimate of drug-likeness (QED) is 0.453. The van der Waals surface area contributed by atoms with Crippen LogP contribution in [-0.2, 0) is 0 Å². The molecule has 2 heteroatoms. The monoisotopic (exact) mass is 167 g/mol. The molecule has 0 aromatic heterocycles. The second-order valence-electron chi connectivity index (χ2n) is 2.92. The van der Waals surface area contributed by atoms with E-state index >= 15 is 0 Å². The minimum Gasteiger partial charge on any atom is -0.807 e. The van der Waals surface area contributed by atoms with Gasteiger partial charge >= 0.3 is 18.9 Å². The standard InChI is InChI=1S/C11H14N.Li/c1-2-3-9-11(12)10-7-5-4-6-8-10;/h4-8H,2-3,9H2,1H3;/q-1;+1. The van der Waals surface area contributed by atoms with Crippen molar-refractivity contribution in [2.24, 2.45) is 0 Å². The van der Waals surface area contributed by atoms with Crippen LogP contribution in [0, 0.1) is 0 Å². The molecule has 0 bridgehead atoms. The Labute approximate surface area is 92.2 Å². The van der Waals surface area contributed by atoms with Gasteiger partial charge in [-0.3, -0.25) is 0 Å². The summed E-state index contributed by atoms with van der Waals surface area (Å²) in [5.74, 6) is 0. The molecule has 1 aromatic rings. The Morgan fingerprint density at radius 2 is 1.85 bits per heavy atom. The molecule has 0 atom stereocenters. The van der Waals surface area contributed by atoms with Crippen LogP contribution in [0.2, 0.25) is 0 Å². The number of hydrogen-bond acceptors (Lipinski definition) is 0. The van der Waals surface area contributed by atoms with Crippen molar-refractivity contribution in [1.29, 1.82) is 0 Å². The molecular formula is C11H14LiN. The van der Waals surface area contributed by atoms with Crippen LogP contribution in [0.25, 0.3) is 5.41 Å². The van der Waals surface area contributed by atoms with Crippen molar-refractivity contribution >= 4 is 5.71 Å². The molecule has 13 heavy (non-hydrogen) atoms. The summed E-state index contributed by atoms with van der Waals surface area (Å²) in [5.41, 5.74) is 1.46. The van der Waals surface area contributed by atoms with Gasteiger partial charge in [0, 0.05) is 0 Å². The third-order valence-corrected chi connectivity index (χ3v) is 1.87. The summed E-state index contributed by atoms with van der Waals surface area (Å²) in [5, 5.41) is 9.57. The van der Waals surface area contributed by atoms with Gasteiger partial charge < -0.3 is 5.41 Å². The second-order valence-corrected chi connectivity index (χ2v) is 2.92. The molecule has 0 aliphatic heterocycles. The van der Waals surface area contributed by atoms with E-state index in [9.17, 15) is 5.41 Å². The summed E-state index contributed by atoms with van der Waals surface area (Å²) in [6, 6.07) is 9.71. The molecule has 1 rings (SSSR count). The number of unbranched alkanes of at least 4 members (excludes halogenated alkanes) is 1. The minimum atomic E-state index is 0. The third kappa shape index (κ3) is 4.31. The van der Waals surface area contributed by atoms with Gasteiger partial charge in [0.1, 0.15) is 0 Å². The topological polar surface area (TPSA) is 22.3 Å². The summed E-state index contributed by atoms with van der Waals surface area (Å²) in [4.78, 5) is 0. The van der Waals surface area contributed by atoms with Gasteiger partial charge in [-0.2, -0.15) is 5.71 Å². The first-order chi connectivity index (χ1) is 5.84. The van der Waals surface area contributed by atoms with E-state index in [1.165, 1.54) is 0 Å². The van der Waals surface area contributed by atoms with E-state index in [-0.39, 0.29) is 18.9 Å². The molecule has 0 aliphatic rings. The van der Waals surface area contributed by atoms with Crippen molar-refractivity contribution in [1.82, 2.24) is 0 Å². The van der Waals surface area contributed by atoms with Gasteiger partial charge in [-0.25, -0.2) is 0 Å². The van der Waals surface area contributed by atoms with E-state index in [1.807, 2.05) is 30.3 Å². The molecule has 0 spiro atoms. The molecular weight excluding hydrogens is 153 g/mol. The minimum absolute atomic E-state index is 0. The average molecular weight is 167 g/mol. The van der Waals surface area contributed by atoms with Gasteiger partial charge in [-0.1, -0.05) is 50.1 Å².